The zero-order valence-corrected chi connectivity index (χ0v) is 25.7. The average molecular weight is 661 g/mol. The van der Waals surface area contributed by atoms with E-state index in [0.717, 1.165) is 43.0 Å². The van der Waals surface area contributed by atoms with E-state index >= 15 is 0 Å². The molecule has 2 aromatic heterocycles. The summed E-state index contributed by atoms with van der Waals surface area (Å²) < 4.78 is 43.5. The lowest BCUT2D eigenvalue weighted by atomic mass is 9.96. The van der Waals surface area contributed by atoms with Crippen LogP contribution in [0.5, 0.6) is 0 Å². The highest BCUT2D eigenvalue weighted by Gasteiger charge is 2.38. The molecule has 0 aliphatic carbocycles. The number of nitrogens with zero attached hydrogens (tertiary/aromatic N) is 6. The minimum Gasteiger partial charge on any atom is -0.384 e. The number of piperazine rings is 1. The minimum absolute atomic E-state index is 0.00429. The number of carbonyl (C=O) groups is 3. The van der Waals surface area contributed by atoms with Crippen molar-refractivity contribution in [3.63, 3.8) is 0 Å². The van der Waals surface area contributed by atoms with E-state index in [2.05, 4.69) is 32.6 Å². The van der Waals surface area contributed by atoms with Gasteiger partial charge in [-0.1, -0.05) is 23.4 Å². The largest absolute Gasteiger partial charge is 0.435 e. The molecule has 0 bridgehead atoms. The predicted molar refractivity (Wildman–Crippen MR) is 162 cm³/mol. The van der Waals surface area contributed by atoms with Gasteiger partial charge in [-0.2, -0.15) is 18.3 Å². The van der Waals surface area contributed by atoms with Gasteiger partial charge in [-0.05, 0) is 44.1 Å². The number of halogens is 4. The van der Waals surface area contributed by atoms with E-state index in [-0.39, 0.29) is 57.6 Å². The number of aliphatic hydroxyl groups excluding tert-OH is 1. The Hall–Kier alpha value is -4.39. The van der Waals surface area contributed by atoms with Gasteiger partial charge in [0, 0.05) is 51.0 Å². The van der Waals surface area contributed by atoms with Crippen molar-refractivity contribution in [2.75, 3.05) is 51.2 Å². The summed E-state index contributed by atoms with van der Waals surface area (Å²) in [6, 6.07) is 4.39. The van der Waals surface area contributed by atoms with E-state index in [1.165, 1.54) is 29.8 Å². The van der Waals surface area contributed by atoms with Gasteiger partial charge in [-0.3, -0.25) is 19.1 Å². The van der Waals surface area contributed by atoms with Crippen molar-refractivity contribution >= 4 is 35.0 Å². The van der Waals surface area contributed by atoms with Crippen molar-refractivity contribution < 1.29 is 32.7 Å². The molecule has 5 rings (SSSR count). The molecule has 12 nitrogen and oxygen atoms in total. The molecular formula is C30H32ClF3N8O4. The van der Waals surface area contributed by atoms with Gasteiger partial charge in [0.15, 0.2) is 11.5 Å². The van der Waals surface area contributed by atoms with Gasteiger partial charge in [0.1, 0.15) is 13.2 Å². The Morgan fingerprint density at radius 1 is 1.11 bits per heavy atom. The number of benzene rings is 1. The van der Waals surface area contributed by atoms with Crippen LogP contribution >= 0.6 is 11.6 Å². The summed E-state index contributed by atoms with van der Waals surface area (Å²) in [6.07, 6.45) is -0.879. The number of nitrogens with one attached hydrogen (secondary N) is 2. The highest BCUT2D eigenvalue weighted by Crippen LogP contribution is 2.36. The SMILES string of the molecule is Cn1c(-c2cn(CC#CCO)nc2C(F)(F)F)cnc1C(=O)Nc1ccc(C(=O)N2CCN(C(=O)C3CCNCC3)CC2)c(Cl)c1. The first-order chi connectivity index (χ1) is 22.0. The van der Waals surface area contributed by atoms with Gasteiger partial charge in [-0.25, -0.2) is 4.98 Å². The minimum atomic E-state index is -4.79. The van der Waals surface area contributed by atoms with Crippen LogP contribution in [0.15, 0.2) is 30.6 Å². The van der Waals surface area contributed by atoms with Crippen LogP contribution in [0.25, 0.3) is 11.3 Å². The van der Waals surface area contributed by atoms with Crippen LogP contribution in [0.2, 0.25) is 5.02 Å². The lowest BCUT2D eigenvalue weighted by Gasteiger charge is -2.37. The number of rotatable bonds is 6. The standard InChI is InChI=1S/C30H32ClF3N8O4/c1-39-24(22-18-42(10-2-3-15-43)38-25(22)30(32,33)34)17-36-26(39)27(44)37-20-4-5-21(23(31)16-20)29(46)41-13-11-40(12-14-41)28(45)19-6-8-35-9-7-19/h4-5,16-19,35,43H,6-15H2,1H3,(H,37,44). The first-order valence-corrected chi connectivity index (χ1v) is 15.0. The number of alkyl halides is 3. The van der Waals surface area contributed by atoms with Crippen LogP contribution < -0.4 is 10.6 Å². The van der Waals surface area contributed by atoms with Crippen LogP contribution in [0.3, 0.4) is 0 Å². The molecule has 0 atom stereocenters. The third-order valence-electron chi connectivity index (χ3n) is 7.97. The maximum Gasteiger partial charge on any atom is 0.435 e. The molecule has 0 radical (unpaired) electrons. The molecule has 4 heterocycles. The zero-order chi connectivity index (χ0) is 33.0. The molecule has 3 aromatic rings. The third kappa shape index (κ3) is 7.19. The van der Waals surface area contributed by atoms with Gasteiger partial charge < -0.3 is 30.1 Å². The number of carbonyl (C=O) groups excluding carboxylic acids is 3. The van der Waals surface area contributed by atoms with Crippen LogP contribution in [0.1, 0.15) is 39.5 Å². The monoisotopic (exact) mass is 660 g/mol. The molecule has 1 aromatic carbocycles. The van der Waals surface area contributed by atoms with E-state index in [1.54, 1.807) is 4.90 Å². The molecule has 2 aliphatic heterocycles. The molecule has 46 heavy (non-hydrogen) atoms. The Morgan fingerprint density at radius 3 is 2.46 bits per heavy atom. The number of hydrogen-bond acceptors (Lipinski definition) is 7. The molecule has 2 aliphatic rings. The third-order valence-corrected chi connectivity index (χ3v) is 8.28. The van der Waals surface area contributed by atoms with Crippen LogP contribution in [0.4, 0.5) is 18.9 Å². The summed E-state index contributed by atoms with van der Waals surface area (Å²) in [5, 5.41) is 18.4. The summed E-state index contributed by atoms with van der Waals surface area (Å²) >= 11 is 6.45. The highest BCUT2D eigenvalue weighted by atomic mass is 35.5. The van der Waals surface area contributed by atoms with Crippen molar-refractivity contribution in [2.45, 2.75) is 25.6 Å². The molecular weight excluding hydrogens is 629 g/mol. The average Bonchev–Trinajstić information content (AvgIpc) is 3.64. The first-order valence-electron chi connectivity index (χ1n) is 14.6. The summed E-state index contributed by atoms with van der Waals surface area (Å²) in [6.45, 7) is 2.65. The number of aromatic nitrogens is 4. The van der Waals surface area contributed by atoms with Crippen molar-refractivity contribution in [3.05, 3.63) is 52.7 Å². The van der Waals surface area contributed by atoms with Gasteiger partial charge in [0.2, 0.25) is 5.91 Å². The van der Waals surface area contributed by atoms with Crippen LogP contribution in [0, 0.1) is 17.8 Å². The molecule has 0 unspecified atom stereocenters. The molecule has 3 N–H and O–H groups in total. The number of amides is 3. The summed E-state index contributed by atoms with van der Waals surface area (Å²) in [5.41, 5.74) is -0.989. The maximum absolute atomic E-state index is 13.8. The zero-order valence-electron chi connectivity index (χ0n) is 24.9. The lowest BCUT2D eigenvalue weighted by Crippen LogP contribution is -2.52. The summed E-state index contributed by atoms with van der Waals surface area (Å²) in [4.78, 5) is 46.7. The molecule has 244 valence electrons. The Balaban J connectivity index is 1.24. The topological polar surface area (TPSA) is 138 Å². The number of hydrogen-bond donors (Lipinski definition) is 3. The van der Waals surface area contributed by atoms with Gasteiger partial charge in [0.05, 0.1) is 28.0 Å². The fraction of sp³-hybridized carbons (Fsp3) is 0.433. The van der Waals surface area contributed by atoms with Gasteiger partial charge >= 0.3 is 6.18 Å². The van der Waals surface area contributed by atoms with Crippen molar-refractivity contribution in [2.24, 2.45) is 13.0 Å². The predicted octanol–water partition coefficient (Wildman–Crippen LogP) is 2.49. The fourth-order valence-corrected chi connectivity index (χ4v) is 5.80. The van der Waals surface area contributed by atoms with E-state index in [0.29, 0.717) is 26.2 Å². The molecule has 2 fully saturated rings. The van der Waals surface area contributed by atoms with E-state index in [1.807, 2.05) is 4.90 Å². The smallest absolute Gasteiger partial charge is 0.384 e. The van der Waals surface area contributed by atoms with Crippen molar-refractivity contribution in [1.82, 2.24) is 34.4 Å². The second kappa shape index (κ2) is 13.9. The normalized spacial score (nSPS) is 15.8. The van der Waals surface area contributed by atoms with E-state index < -0.39 is 24.4 Å². The maximum atomic E-state index is 13.8. The molecule has 2 saturated heterocycles. The second-order valence-corrected chi connectivity index (χ2v) is 11.3. The number of piperidine rings is 1. The van der Waals surface area contributed by atoms with Crippen LogP contribution in [-0.2, 0) is 24.6 Å². The second-order valence-electron chi connectivity index (χ2n) is 10.9. The van der Waals surface area contributed by atoms with E-state index in [4.69, 9.17) is 16.7 Å². The molecule has 0 saturated carbocycles. The Morgan fingerprint density at radius 2 is 1.80 bits per heavy atom. The van der Waals surface area contributed by atoms with Crippen LogP contribution in [-0.4, -0.2) is 97.8 Å². The number of imidazole rings is 1. The Kier molecular flexibility index (Phi) is 10.00. The van der Waals surface area contributed by atoms with E-state index in [9.17, 15) is 27.6 Å². The molecule has 0 spiro atoms. The Bertz CT molecular complexity index is 1680. The van der Waals surface area contributed by atoms with Crippen molar-refractivity contribution in [3.8, 4) is 23.1 Å². The number of aliphatic hydroxyl groups is 1. The fourth-order valence-electron chi connectivity index (χ4n) is 5.54. The summed E-state index contributed by atoms with van der Waals surface area (Å²) in [5.74, 6) is 3.81. The number of anilines is 1. The molecule has 16 heteroatoms. The first kappa shape index (κ1) is 33.0. The Labute approximate surface area is 267 Å². The highest BCUT2D eigenvalue weighted by molar-refractivity contribution is 6.34. The molecule has 3 amide bonds. The quantitative estimate of drug-likeness (QED) is 0.346. The lowest BCUT2D eigenvalue weighted by molar-refractivity contribution is -0.141. The van der Waals surface area contributed by atoms with Gasteiger partial charge in [0.25, 0.3) is 11.8 Å². The summed E-state index contributed by atoms with van der Waals surface area (Å²) in [7, 11) is 1.40. The van der Waals surface area contributed by atoms with Gasteiger partial charge in [-0.15, -0.1) is 0 Å². The van der Waals surface area contributed by atoms with Crippen molar-refractivity contribution in [1.29, 1.82) is 0 Å².